The molecule has 5 heteroatoms. The highest BCUT2D eigenvalue weighted by Crippen LogP contribution is 2.47. The monoisotopic (exact) mass is 353 g/mol. The fourth-order valence-corrected chi connectivity index (χ4v) is 3.11. The molecule has 2 aromatic rings. The molecular weight excluding hydrogens is 326 g/mol. The van der Waals surface area contributed by atoms with E-state index in [0.717, 1.165) is 18.5 Å². The van der Waals surface area contributed by atoms with Crippen molar-refractivity contribution in [3.8, 4) is 11.5 Å². The third-order valence-corrected chi connectivity index (χ3v) is 4.90. The van der Waals surface area contributed by atoms with Gasteiger partial charge in [0, 0.05) is 6.54 Å². The van der Waals surface area contributed by atoms with Gasteiger partial charge in [-0.1, -0.05) is 36.4 Å². The third kappa shape index (κ3) is 4.69. The summed E-state index contributed by atoms with van der Waals surface area (Å²) >= 11 is 0. The molecule has 1 saturated carbocycles. The Morgan fingerprint density at radius 3 is 2.42 bits per heavy atom. The van der Waals surface area contributed by atoms with Crippen molar-refractivity contribution in [3.05, 3.63) is 59.7 Å². The zero-order chi connectivity index (χ0) is 18.4. The molecule has 1 aliphatic carbocycles. The second kappa shape index (κ2) is 8.13. The van der Waals surface area contributed by atoms with Crippen LogP contribution < -0.4 is 20.5 Å². The Morgan fingerprint density at radius 1 is 1.04 bits per heavy atom. The van der Waals surface area contributed by atoms with Gasteiger partial charge in [-0.15, -0.1) is 0 Å². The number of nitrogens with two attached hydrogens (primary N) is 1. The minimum absolute atomic E-state index is 0.324. The van der Waals surface area contributed by atoms with E-state index in [2.05, 4.69) is 40.6 Å². The van der Waals surface area contributed by atoms with Crippen molar-refractivity contribution >= 4 is 5.96 Å². The Labute approximate surface area is 155 Å². The number of nitrogens with zero attached hydrogens (tertiary/aromatic N) is 1. The van der Waals surface area contributed by atoms with Crippen LogP contribution in [0.15, 0.2) is 53.5 Å². The van der Waals surface area contributed by atoms with Crippen LogP contribution in [0.1, 0.15) is 24.0 Å². The molecule has 0 atom stereocenters. The van der Waals surface area contributed by atoms with Crippen LogP contribution in [0.2, 0.25) is 0 Å². The highest BCUT2D eigenvalue weighted by Gasteiger charge is 2.42. The van der Waals surface area contributed by atoms with Crippen LogP contribution in [-0.2, 0) is 13.0 Å². The number of rotatable bonds is 8. The Morgan fingerprint density at radius 2 is 1.77 bits per heavy atom. The van der Waals surface area contributed by atoms with Gasteiger partial charge in [0.05, 0.1) is 20.8 Å². The third-order valence-electron chi connectivity index (χ3n) is 4.90. The fraction of sp³-hybridized carbons (Fsp3) is 0.381. The van der Waals surface area contributed by atoms with Crippen molar-refractivity contribution in [2.45, 2.75) is 25.8 Å². The van der Waals surface area contributed by atoms with Gasteiger partial charge in [-0.05, 0) is 47.9 Å². The summed E-state index contributed by atoms with van der Waals surface area (Å²) in [6, 6.07) is 16.4. The van der Waals surface area contributed by atoms with Crippen LogP contribution in [0.25, 0.3) is 0 Å². The van der Waals surface area contributed by atoms with Gasteiger partial charge in [0.1, 0.15) is 0 Å². The van der Waals surface area contributed by atoms with E-state index in [0.29, 0.717) is 29.4 Å². The molecule has 0 saturated heterocycles. The molecule has 0 spiro atoms. The first-order valence-electron chi connectivity index (χ1n) is 8.93. The molecular formula is C21H27N3O2. The molecule has 3 rings (SSSR count). The summed E-state index contributed by atoms with van der Waals surface area (Å²) < 4.78 is 10.6. The number of methoxy groups -OCH3 is 2. The number of aliphatic imine (C=N–C) groups is 1. The molecule has 0 aromatic heterocycles. The maximum atomic E-state index is 6.06. The van der Waals surface area contributed by atoms with Gasteiger partial charge < -0.3 is 20.5 Å². The molecule has 0 radical (unpaired) electrons. The first-order chi connectivity index (χ1) is 12.6. The number of hydrogen-bond donors (Lipinski definition) is 2. The summed E-state index contributed by atoms with van der Waals surface area (Å²) in [6.45, 7) is 1.37. The first-order valence-corrected chi connectivity index (χ1v) is 8.93. The van der Waals surface area contributed by atoms with Crippen molar-refractivity contribution in [1.29, 1.82) is 0 Å². The Balaban J connectivity index is 1.53. The average Bonchev–Trinajstić information content (AvgIpc) is 3.45. The summed E-state index contributed by atoms with van der Waals surface area (Å²) in [5, 5.41) is 3.30. The van der Waals surface area contributed by atoms with Crippen molar-refractivity contribution < 1.29 is 9.47 Å². The van der Waals surface area contributed by atoms with Gasteiger partial charge in [-0.2, -0.15) is 0 Å². The van der Waals surface area contributed by atoms with Crippen LogP contribution >= 0.6 is 0 Å². The van der Waals surface area contributed by atoms with Crippen LogP contribution in [0.4, 0.5) is 0 Å². The highest BCUT2D eigenvalue weighted by molar-refractivity contribution is 5.77. The predicted molar refractivity (Wildman–Crippen MR) is 105 cm³/mol. The van der Waals surface area contributed by atoms with E-state index >= 15 is 0 Å². The number of nitrogens with one attached hydrogen (secondary N) is 1. The predicted octanol–water partition coefficient (Wildman–Crippen LogP) is 3.13. The molecule has 1 fully saturated rings. The molecule has 0 amide bonds. The molecule has 3 N–H and O–H groups in total. The lowest BCUT2D eigenvalue weighted by molar-refractivity contribution is 0.354. The minimum atomic E-state index is 0.324. The van der Waals surface area contributed by atoms with Crippen LogP contribution in [0.3, 0.4) is 0 Å². The Hall–Kier alpha value is -2.69. The maximum absolute atomic E-state index is 6.06. The topological polar surface area (TPSA) is 68.9 Å². The zero-order valence-corrected chi connectivity index (χ0v) is 15.5. The minimum Gasteiger partial charge on any atom is -0.493 e. The second-order valence-corrected chi connectivity index (χ2v) is 6.91. The lowest BCUT2D eigenvalue weighted by Crippen LogP contribution is -2.36. The molecule has 0 aliphatic heterocycles. The van der Waals surface area contributed by atoms with Gasteiger partial charge in [-0.25, -0.2) is 4.99 Å². The molecule has 0 heterocycles. The summed E-state index contributed by atoms with van der Waals surface area (Å²) in [4.78, 5) is 4.45. The van der Waals surface area contributed by atoms with E-state index in [4.69, 9.17) is 15.2 Å². The molecule has 5 nitrogen and oxygen atoms in total. The largest absolute Gasteiger partial charge is 0.493 e. The lowest BCUT2D eigenvalue weighted by Gasteiger charge is -2.16. The lowest BCUT2D eigenvalue weighted by atomic mass is 9.96. The van der Waals surface area contributed by atoms with E-state index in [1.54, 1.807) is 14.2 Å². The summed E-state index contributed by atoms with van der Waals surface area (Å²) in [5.41, 5.74) is 8.79. The molecule has 138 valence electrons. The van der Waals surface area contributed by atoms with Crippen molar-refractivity contribution in [1.82, 2.24) is 5.32 Å². The zero-order valence-electron chi connectivity index (χ0n) is 15.5. The smallest absolute Gasteiger partial charge is 0.188 e. The van der Waals surface area contributed by atoms with Crippen LogP contribution in [0.5, 0.6) is 11.5 Å². The quantitative estimate of drug-likeness (QED) is 0.565. The van der Waals surface area contributed by atoms with Gasteiger partial charge in [-0.3, -0.25) is 0 Å². The van der Waals surface area contributed by atoms with Crippen molar-refractivity contribution in [2.24, 2.45) is 16.1 Å². The number of guanidine groups is 1. The molecule has 1 aliphatic rings. The van der Waals surface area contributed by atoms with Crippen molar-refractivity contribution in [3.63, 3.8) is 0 Å². The molecule has 0 bridgehead atoms. The summed E-state index contributed by atoms with van der Waals surface area (Å²) in [6.07, 6.45) is 3.56. The number of ether oxygens (including phenoxy) is 2. The van der Waals surface area contributed by atoms with Gasteiger partial charge in [0.15, 0.2) is 17.5 Å². The van der Waals surface area contributed by atoms with Gasteiger partial charge >= 0.3 is 0 Å². The summed E-state index contributed by atoms with van der Waals surface area (Å²) in [7, 11) is 3.25. The van der Waals surface area contributed by atoms with E-state index in [9.17, 15) is 0 Å². The maximum Gasteiger partial charge on any atom is 0.188 e. The SMILES string of the molecule is COc1ccc(CN=C(N)NCC2(Cc3ccccc3)CC2)cc1OC. The van der Waals surface area contributed by atoms with E-state index in [1.165, 1.54) is 18.4 Å². The van der Waals surface area contributed by atoms with Crippen LogP contribution in [0, 0.1) is 5.41 Å². The van der Waals surface area contributed by atoms with Crippen LogP contribution in [-0.4, -0.2) is 26.7 Å². The molecule has 0 unspecified atom stereocenters. The van der Waals surface area contributed by atoms with Gasteiger partial charge in [0.2, 0.25) is 0 Å². The normalized spacial score (nSPS) is 15.4. The fourth-order valence-electron chi connectivity index (χ4n) is 3.11. The number of benzene rings is 2. The Kier molecular flexibility index (Phi) is 5.66. The number of hydrogen-bond acceptors (Lipinski definition) is 3. The summed E-state index contributed by atoms with van der Waals surface area (Å²) in [5.74, 6) is 1.90. The van der Waals surface area contributed by atoms with Gasteiger partial charge in [0.25, 0.3) is 0 Å². The van der Waals surface area contributed by atoms with E-state index in [-0.39, 0.29) is 0 Å². The first kappa shape index (κ1) is 18.1. The molecule has 26 heavy (non-hydrogen) atoms. The van der Waals surface area contributed by atoms with E-state index < -0.39 is 0 Å². The highest BCUT2D eigenvalue weighted by atomic mass is 16.5. The standard InChI is InChI=1S/C21H27N3O2/c1-25-18-9-8-17(12-19(18)26-2)14-23-20(22)24-15-21(10-11-21)13-16-6-4-3-5-7-16/h3-9,12H,10-11,13-15H2,1-2H3,(H3,22,23,24). The molecule has 2 aromatic carbocycles. The average molecular weight is 353 g/mol. The second-order valence-electron chi connectivity index (χ2n) is 6.91. The van der Waals surface area contributed by atoms with Crippen molar-refractivity contribution in [2.75, 3.05) is 20.8 Å². The Bertz CT molecular complexity index is 755. The van der Waals surface area contributed by atoms with E-state index in [1.807, 2.05) is 18.2 Å².